The Balaban J connectivity index is 1.83. The van der Waals surface area contributed by atoms with E-state index in [0.29, 0.717) is 6.61 Å². The average molecular weight is 396 g/mol. The quantitative estimate of drug-likeness (QED) is 0.419. The molecule has 2 heterocycles. The molecule has 0 saturated heterocycles. The van der Waals surface area contributed by atoms with Crippen LogP contribution in [0.3, 0.4) is 0 Å². The number of fused-ring (bicyclic) bond motifs is 3. The predicted octanol–water partition coefficient (Wildman–Crippen LogP) is 6.07. The van der Waals surface area contributed by atoms with Crippen molar-refractivity contribution in [1.29, 1.82) is 0 Å². The molecular formula is C26H25N3O. The van der Waals surface area contributed by atoms with Crippen molar-refractivity contribution >= 4 is 27.7 Å². The molecule has 0 amide bonds. The van der Waals surface area contributed by atoms with Gasteiger partial charge < -0.3 is 10.5 Å². The van der Waals surface area contributed by atoms with Crippen LogP contribution in [0.15, 0.2) is 66.9 Å². The first kappa shape index (κ1) is 18.5. The van der Waals surface area contributed by atoms with Crippen LogP contribution in [0.5, 0.6) is 5.75 Å². The van der Waals surface area contributed by atoms with E-state index in [-0.39, 0.29) is 6.04 Å². The van der Waals surface area contributed by atoms with Crippen molar-refractivity contribution in [2.75, 3.05) is 5.73 Å². The number of nitrogen functional groups attached to an aromatic ring is 1. The number of benzene rings is 3. The lowest BCUT2D eigenvalue weighted by Crippen LogP contribution is -2.02. The van der Waals surface area contributed by atoms with Gasteiger partial charge in [0.1, 0.15) is 12.4 Å². The third-order valence-electron chi connectivity index (χ3n) is 5.82. The molecule has 0 unspecified atom stereocenters. The Morgan fingerprint density at radius 1 is 1.03 bits per heavy atom. The molecule has 0 spiro atoms. The highest BCUT2D eigenvalue weighted by Gasteiger charge is 2.23. The summed E-state index contributed by atoms with van der Waals surface area (Å²) in [5.74, 6) is 0.888. The predicted molar refractivity (Wildman–Crippen MR) is 123 cm³/mol. The molecule has 1 aliphatic rings. The third-order valence-corrected chi connectivity index (χ3v) is 5.82. The fraction of sp³-hybridized carbons (Fsp3) is 0.192. The van der Waals surface area contributed by atoms with Crippen LogP contribution in [0.4, 0.5) is 5.69 Å². The molecule has 3 aromatic carbocycles. The van der Waals surface area contributed by atoms with Gasteiger partial charge in [0.15, 0.2) is 0 Å². The minimum Gasteiger partial charge on any atom is -0.488 e. The fourth-order valence-corrected chi connectivity index (χ4v) is 4.31. The van der Waals surface area contributed by atoms with Crippen LogP contribution in [0.2, 0.25) is 0 Å². The van der Waals surface area contributed by atoms with Crippen molar-refractivity contribution in [2.24, 2.45) is 0 Å². The van der Waals surface area contributed by atoms with Crippen molar-refractivity contribution in [3.8, 4) is 5.75 Å². The van der Waals surface area contributed by atoms with Gasteiger partial charge in [0.05, 0.1) is 11.7 Å². The van der Waals surface area contributed by atoms with E-state index in [2.05, 4.69) is 68.3 Å². The topological polar surface area (TPSA) is 53.1 Å². The number of nitrogens with two attached hydrogens (primary N) is 1. The fourth-order valence-electron chi connectivity index (χ4n) is 4.31. The molecule has 0 fully saturated rings. The summed E-state index contributed by atoms with van der Waals surface area (Å²) in [6.07, 6.45) is 1.94. The van der Waals surface area contributed by atoms with E-state index in [1.165, 1.54) is 22.3 Å². The number of aromatic nitrogens is 2. The van der Waals surface area contributed by atoms with E-state index in [0.717, 1.165) is 33.5 Å². The maximum Gasteiger partial charge on any atom is 0.129 e. The zero-order valence-corrected chi connectivity index (χ0v) is 17.5. The molecule has 0 saturated carbocycles. The van der Waals surface area contributed by atoms with Gasteiger partial charge in [-0.1, -0.05) is 36.4 Å². The van der Waals surface area contributed by atoms with Gasteiger partial charge in [0, 0.05) is 28.7 Å². The molecular weight excluding hydrogens is 370 g/mol. The Bertz CT molecular complexity index is 1300. The standard InChI is InChI=1S/C26H25N3O/c1-16(2)29-24-13-25-23(12-20(24)14-28-29)26(17(3)18-8-6-9-21(27)11-18)22-10-5-4-7-19(22)15-30-25/h4-14,16H,15,27H2,1-3H3. The first-order valence-electron chi connectivity index (χ1n) is 10.3. The summed E-state index contributed by atoms with van der Waals surface area (Å²) in [6.45, 7) is 6.99. The molecule has 0 atom stereocenters. The van der Waals surface area contributed by atoms with E-state index in [1.807, 2.05) is 29.1 Å². The van der Waals surface area contributed by atoms with Gasteiger partial charge in [0.2, 0.25) is 0 Å². The van der Waals surface area contributed by atoms with Crippen molar-refractivity contribution in [1.82, 2.24) is 9.78 Å². The van der Waals surface area contributed by atoms with E-state index >= 15 is 0 Å². The Kier molecular flexibility index (Phi) is 4.35. The first-order chi connectivity index (χ1) is 14.5. The van der Waals surface area contributed by atoms with Crippen molar-refractivity contribution in [3.05, 3.63) is 89.1 Å². The first-order valence-corrected chi connectivity index (χ1v) is 10.3. The number of anilines is 1. The number of nitrogens with zero attached hydrogens (tertiary/aromatic N) is 2. The number of ether oxygens (including phenoxy) is 1. The summed E-state index contributed by atoms with van der Waals surface area (Å²) >= 11 is 0. The van der Waals surface area contributed by atoms with Gasteiger partial charge in [-0.3, -0.25) is 4.68 Å². The summed E-state index contributed by atoms with van der Waals surface area (Å²) in [5, 5.41) is 5.72. The monoisotopic (exact) mass is 395 g/mol. The highest BCUT2D eigenvalue weighted by atomic mass is 16.5. The second-order valence-electron chi connectivity index (χ2n) is 8.16. The molecule has 0 aliphatic carbocycles. The zero-order valence-electron chi connectivity index (χ0n) is 17.5. The summed E-state index contributed by atoms with van der Waals surface area (Å²) in [6, 6.07) is 21.2. The van der Waals surface area contributed by atoms with Crippen LogP contribution in [-0.2, 0) is 6.61 Å². The van der Waals surface area contributed by atoms with Gasteiger partial charge in [-0.2, -0.15) is 5.10 Å². The largest absolute Gasteiger partial charge is 0.488 e. The summed E-state index contributed by atoms with van der Waals surface area (Å²) in [7, 11) is 0. The molecule has 1 aliphatic heterocycles. The molecule has 1 aromatic heterocycles. The van der Waals surface area contributed by atoms with Crippen LogP contribution in [0.25, 0.3) is 22.0 Å². The van der Waals surface area contributed by atoms with Gasteiger partial charge >= 0.3 is 0 Å². The van der Waals surface area contributed by atoms with E-state index in [1.54, 1.807) is 0 Å². The van der Waals surface area contributed by atoms with Gasteiger partial charge in [0.25, 0.3) is 0 Å². The molecule has 0 bridgehead atoms. The van der Waals surface area contributed by atoms with Crippen LogP contribution in [0, 0.1) is 0 Å². The smallest absolute Gasteiger partial charge is 0.129 e. The highest BCUT2D eigenvalue weighted by molar-refractivity contribution is 6.02. The van der Waals surface area contributed by atoms with E-state index < -0.39 is 0 Å². The maximum absolute atomic E-state index is 6.33. The lowest BCUT2D eigenvalue weighted by Gasteiger charge is -2.16. The molecule has 150 valence electrons. The molecule has 4 aromatic rings. The van der Waals surface area contributed by atoms with Crippen molar-refractivity contribution < 1.29 is 4.74 Å². The molecule has 2 N–H and O–H groups in total. The van der Waals surface area contributed by atoms with Crippen LogP contribution < -0.4 is 10.5 Å². The normalized spacial score (nSPS) is 14.8. The summed E-state index contributed by atoms with van der Waals surface area (Å²) in [5.41, 5.74) is 14.9. The lowest BCUT2D eigenvalue weighted by atomic mass is 9.87. The van der Waals surface area contributed by atoms with Gasteiger partial charge in [-0.05, 0) is 66.8 Å². The molecule has 5 rings (SSSR count). The Hall–Kier alpha value is -3.53. The van der Waals surface area contributed by atoms with Crippen molar-refractivity contribution in [3.63, 3.8) is 0 Å². The van der Waals surface area contributed by atoms with E-state index in [4.69, 9.17) is 10.5 Å². The third kappa shape index (κ3) is 2.96. The van der Waals surface area contributed by atoms with Crippen molar-refractivity contribution in [2.45, 2.75) is 33.4 Å². The Morgan fingerprint density at radius 3 is 2.67 bits per heavy atom. The average Bonchev–Trinajstić information content (AvgIpc) is 3.08. The second-order valence-corrected chi connectivity index (χ2v) is 8.16. The van der Waals surface area contributed by atoms with Gasteiger partial charge in [-0.25, -0.2) is 0 Å². The van der Waals surface area contributed by atoms with Gasteiger partial charge in [-0.15, -0.1) is 0 Å². The highest BCUT2D eigenvalue weighted by Crippen LogP contribution is 2.43. The summed E-state index contributed by atoms with van der Waals surface area (Å²) in [4.78, 5) is 0. The molecule has 4 nitrogen and oxygen atoms in total. The second kappa shape index (κ2) is 7.06. The maximum atomic E-state index is 6.33. The minimum absolute atomic E-state index is 0.285. The minimum atomic E-state index is 0.285. The van der Waals surface area contributed by atoms with Crippen LogP contribution in [0.1, 0.15) is 49.1 Å². The molecule has 4 heteroatoms. The van der Waals surface area contributed by atoms with E-state index in [9.17, 15) is 0 Å². The van der Waals surface area contributed by atoms with Crippen LogP contribution >= 0.6 is 0 Å². The lowest BCUT2D eigenvalue weighted by molar-refractivity contribution is 0.307. The summed E-state index contributed by atoms with van der Waals surface area (Å²) < 4.78 is 8.37. The zero-order chi connectivity index (χ0) is 20.8. The number of rotatable bonds is 2. The number of hydrogen-bond donors (Lipinski definition) is 1. The molecule has 30 heavy (non-hydrogen) atoms. The Labute approximate surface area is 176 Å². The number of allylic oxidation sites excluding steroid dienone is 1. The number of hydrogen-bond acceptors (Lipinski definition) is 3. The van der Waals surface area contributed by atoms with Crippen LogP contribution in [-0.4, -0.2) is 9.78 Å². The Morgan fingerprint density at radius 2 is 1.87 bits per heavy atom. The molecule has 0 radical (unpaired) electrons. The SMILES string of the molecule is CC(=C1c2ccccc2COc2cc3c(cnn3C(C)C)cc21)c1cccc(N)c1.